The third-order valence-corrected chi connectivity index (χ3v) is 5.29. The Bertz CT molecular complexity index is 1070. The van der Waals surface area contributed by atoms with Gasteiger partial charge in [-0.05, 0) is 24.3 Å². The molecule has 3 rings (SSSR count). The summed E-state index contributed by atoms with van der Waals surface area (Å²) in [5.74, 6) is -1.30. The highest BCUT2D eigenvalue weighted by Gasteiger charge is 2.20. The normalized spacial score (nSPS) is 12.2. The van der Waals surface area contributed by atoms with Crippen molar-refractivity contribution in [3.8, 4) is 5.75 Å². The third kappa shape index (κ3) is 3.48. The van der Waals surface area contributed by atoms with Crippen molar-refractivity contribution in [3.63, 3.8) is 0 Å². The maximum Gasteiger partial charge on any atom is 0.242 e. The second kappa shape index (κ2) is 6.78. The van der Waals surface area contributed by atoms with Crippen LogP contribution in [0.1, 0.15) is 6.92 Å². The van der Waals surface area contributed by atoms with E-state index in [9.17, 15) is 12.8 Å². The number of nitrogens with one attached hydrogen (secondary N) is 1. The fourth-order valence-corrected chi connectivity index (χ4v) is 3.87. The van der Waals surface area contributed by atoms with E-state index < -0.39 is 21.6 Å². The second-order valence-electron chi connectivity index (χ2n) is 4.88. The average Bonchev–Trinajstić information content (AvgIpc) is 3.05. The summed E-state index contributed by atoms with van der Waals surface area (Å²) in [7, 11) is -3.70. The Morgan fingerprint density at radius 3 is 2.68 bits per heavy atom. The van der Waals surface area contributed by atoms with Gasteiger partial charge in [-0.1, -0.05) is 6.92 Å². The quantitative estimate of drug-likeness (QED) is 0.658. The van der Waals surface area contributed by atoms with Gasteiger partial charge in [0.2, 0.25) is 10.0 Å². The zero-order valence-corrected chi connectivity index (χ0v) is 14.5. The first kappa shape index (κ1) is 17.3. The van der Waals surface area contributed by atoms with E-state index in [1.54, 1.807) is 6.92 Å². The molecule has 0 aliphatic rings. The Kier molecular flexibility index (Phi) is 4.70. The Balaban J connectivity index is 2.03. The molecule has 3 aromatic rings. The van der Waals surface area contributed by atoms with Crippen molar-refractivity contribution in [2.45, 2.75) is 11.8 Å². The molecule has 0 radical (unpaired) electrons. The molecule has 11 heteroatoms. The molecule has 0 saturated heterocycles. The van der Waals surface area contributed by atoms with Gasteiger partial charge in [0.05, 0.1) is 17.4 Å². The number of phenolic OH excluding ortho intramolecular Hbond substituents is 1. The van der Waals surface area contributed by atoms with E-state index in [1.165, 1.54) is 18.2 Å². The van der Waals surface area contributed by atoms with E-state index in [4.69, 9.17) is 5.11 Å². The van der Waals surface area contributed by atoms with Gasteiger partial charge in [-0.25, -0.2) is 17.5 Å². The first-order valence-corrected chi connectivity index (χ1v) is 9.29. The summed E-state index contributed by atoms with van der Waals surface area (Å²) in [5.41, 5.74) is 0.968. The van der Waals surface area contributed by atoms with E-state index in [2.05, 4.69) is 23.7 Å². The lowest BCUT2D eigenvalue weighted by Crippen LogP contribution is -2.23. The minimum atomic E-state index is -3.70. The molecule has 0 spiro atoms. The minimum absolute atomic E-state index is 0.00716. The van der Waals surface area contributed by atoms with E-state index in [-0.39, 0.29) is 28.2 Å². The van der Waals surface area contributed by atoms with Gasteiger partial charge in [0.25, 0.3) is 0 Å². The van der Waals surface area contributed by atoms with Crippen molar-refractivity contribution in [3.05, 3.63) is 36.1 Å². The van der Waals surface area contributed by atoms with Gasteiger partial charge in [0, 0.05) is 12.6 Å². The van der Waals surface area contributed by atoms with Crippen LogP contribution in [0.4, 0.5) is 15.8 Å². The lowest BCUT2D eigenvalue weighted by molar-refractivity contribution is 0.432. The van der Waals surface area contributed by atoms with Gasteiger partial charge >= 0.3 is 0 Å². The molecular formula is C14H12FN5O3S2. The smallest absolute Gasteiger partial charge is 0.242 e. The zero-order valence-electron chi connectivity index (χ0n) is 12.8. The Morgan fingerprint density at radius 2 is 1.96 bits per heavy atom. The van der Waals surface area contributed by atoms with Crippen molar-refractivity contribution >= 4 is 44.2 Å². The molecular weight excluding hydrogens is 369 g/mol. The zero-order chi connectivity index (χ0) is 18.0. The maximum absolute atomic E-state index is 13.3. The van der Waals surface area contributed by atoms with Crippen LogP contribution in [-0.4, -0.2) is 28.8 Å². The van der Waals surface area contributed by atoms with Crippen LogP contribution in [0, 0.1) is 5.82 Å². The summed E-state index contributed by atoms with van der Waals surface area (Å²) >= 11 is 0.855. The first-order valence-electron chi connectivity index (χ1n) is 7.07. The number of nitrogens with zero attached hydrogens (tertiary/aromatic N) is 4. The molecule has 25 heavy (non-hydrogen) atoms. The summed E-state index contributed by atoms with van der Waals surface area (Å²) in [6.45, 7) is 1.92. The standard InChI is InChI=1S/C14H12FN5O3S2/c1-2-16-25(22,23)12-6-4-10(13-14(12)20-24-19-13)18-17-8-3-5-11(21)9(15)7-8/h3-7,16,21H,2H2,1H3/b18-17+. The van der Waals surface area contributed by atoms with Crippen molar-refractivity contribution in [2.75, 3.05) is 6.54 Å². The molecule has 0 aliphatic heterocycles. The highest BCUT2D eigenvalue weighted by molar-refractivity contribution is 7.89. The first-order chi connectivity index (χ1) is 11.9. The molecule has 0 amide bonds. The molecule has 1 aromatic heterocycles. The predicted octanol–water partition coefficient (Wildman–Crippen LogP) is 3.25. The molecule has 0 bridgehead atoms. The number of hydrogen-bond donors (Lipinski definition) is 2. The van der Waals surface area contributed by atoms with Gasteiger partial charge in [-0.15, -0.1) is 5.11 Å². The number of phenols is 1. The summed E-state index contributed by atoms with van der Waals surface area (Å²) in [4.78, 5) is 0.00716. The summed E-state index contributed by atoms with van der Waals surface area (Å²) in [6, 6.07) is 6.40. The van der Waals surface area contributed by atoms with Crippen molar-refractivity contribution in [1.82, 2.24) is 13.5 Å². The van der Waals surface area contributed by atoms with E-state index >= 15 is 0 Å². The number of aromatic hydroxyl groups is 1. The third-order valence-electron chi connectivity index (χ3n) is 3.19. The fraction of sp³-hybridized carbons (Fsp3) is 0.143. The highest BCUT2D eigenvalue weighted by atomic mass is 32.2. The number of halogens is 1. The average molecular weight is 381 g/mol. The largest absolute Gasteiger partial charge is 0.505 e. The van der Waals surface area contributed by atoms with Crippen LogP contribution in [0.2, 0.25) is 0 Å². The number of aromatic nitrogens is 2. The van der Waals surface area contributed by atoms with Crippen LogP contribution < -0.4 is 4.72 Å². The van der Waals surface area contributed by atoms with E-state index in [0.717, 1.165) is 23.9 Å². The minimum Gasteiger partial charge on any atom is -0.505 e. The monoisotopic (exact) mass is 381 g/mol. The predicted molar refractivity (Wildman–Crippen MR) is 90.5 cm³/mol. The number of azo groups is 1. The lowest BCUT2D eigenvalue weighted by Gasteiger charge is -2.05. The van der Waals surface area contributed by atoms with Crippen LogP contribution in [0.25, 0.3) is 11.0 Å². The van der Waals surface area contributed by atoms with Crippen LogP contribution >= 0.6 is 11.7 Å². The van der Waals surface area contributed by atoms with E-state index in [0.29, 0.717) is 5.69 Å². The number of hydrogen-bond acceptors (Lipinski definition) is 8. The van der Waals surface area contributed by atoms with Crippen molar-refractivity contribution in [2.24, 2.45) is 10.2 Å². The Morgan fingerprint density at radius 1 is 1.20 bits per heavy atom. The van der Waals surface area contributed by atoms with Gasteiger partial charge < -0.3 is 5.11 Å². The van der Waals surface area contributed by atoms with Gasteiger partial charge in [0.15, 0.2) is 11.6 Å². The van der Waals surface area contributed by atoms with Crippen LogP contribution in [0.15, 0.2) is 45.5 Å². The van der Waals surface area contributed by atoms with Gasteiger partial charge in [-0.2, -0.15) is 13.9 Å². The highest BCUT2D eigenvalue weighted by Crippen LogP contribution is 2.31. The molecule has 1 heterocycles. The molecule has 130 valence electrons. The molecule has 8 nitrogen and oxygen atoms in total. The van der Waals surface area contributed by atoms with Crippen molar-refractivity contribution < 1.29 is 17.9 Å². The van der Waals surface area contributed by atoms with Gasteiger partial charge in [-0.3, -0.25) is 0 Å². The number of sulfonamides is 1. The molecule has 0 unspecified atom stereocenters. The molecule has 0 aliphatic carbocycles. The molecule has 0 atom stereocenters. The molecule has 2 N–H and O–H groups in total. The SMILES string of the molecule is CCNS(=O)(=O)c1ccc(/N=N/c2ccc(O)c(F)c2)c2nsnc12. The molecule has 2 aromatic carbocycles. The molecule has 0 fully saturated rings. The Hall–Kier alpha value is -2.50. The summed E-state index contributed by atoms with van der Waals surface area (Å²) in [6.07, 6.45) is 0. The van der Waals surface area contributed by atoms with Gasteiger partial charge in [0.1, 0.15) is 21.6 Å². The number of fused-ring (bicyclic) bond motifs is 1. The van der Waals surface area contributed by atoms with Crippen molar-refractivity contribution in [1.29, 1.82) is 0 Å². The summed E-state index contributed by atoms with van der Waals surface area (Å²) < 4.78 is 48.2. The van der Waals surface area contributed by atoms with Crippen LogP contribution in [0.5, 0.6) is 5.75 Å². The fourth-order valence-electron chi connectivity index (χ4n) is 2.07. The second-order valence-corrected chi connectivity index (χ2v) is 7.15. The number of rotatable bonds is 5. The summed E-state index contributed by atoms with van der Waals surface area (Å²) in [5, 5.41) is 17.0. The topological polar surface area (TPSA) is 117 Å². The maximum atomic E-state index is 13.3. The van der Waals surface area contributed by atoms with E-state index in [1.807, 2.05) is 0 Å². The van der Waals surface area contributed by atoms with Crippen LogP contribution in [0.3, 0.4) is 0 Å². The number of benzene rings is 2. The molecule has 0 saturated carbocycles. The lowest BCUT2D eigenvalue weighted by atomic mass is 10.3. The Labute approximate surface area is 146 Å². The van der Waals surface area contributed by atoms with Crippen LogP contribution in [-0.2, 0) is 10.0 Å².